The summed E-state index contributed by atoms with van der Waals surface area (Å²) in [6.45, 7) is 1.78. The lowest BCUT2D eigenvalue weighted by Gasteiger charge is -2.31. The summed E-state index contributed by atoms with van der Waals surface area (Å²) in [6, 6.07) is 3.34. The second kappa shape index (κ2) is 10.2. The summed E-state index contributed by atoms with van der Waals surface area (Å²) < 4.78 is 38.8. The van der Waals surface area contributed by atoms with Crippen molar-refractivity contribution in [3.63, 3.8) is 0 Å². The van der Waals surface area contributed by atoms with Crippen molar-refractivity contribution in [1.82, 2.24) is 15.1 Å². The second-order valence-electron chi connectivity index (χ2n) is 8.14. The van der Waals surface area contributed by atoms with Gasteiger partial charge >= 0.3 is 6.18 Å². The molecule has 7 nitrogen and oxygen atoms in total. The number of rotatable bonds is 3. The van der Waals surface area contributed by atoms with Crippen LogP contribution in [-0.4, -0.2) is 58.0 Å². The third-order valence-electron chi connectivity index (χ3n) is 5.84. The number of phenols is 1. The average molecular weight is 452 g/mol. The third-order valence-corrected chi connectivity index (χ3v) is 5.84. The van der Waals surface area contributed by atoms with Crippen molar-refractivity contribution in [3.8, 4) is 17.0 Å². The van der Waals surface area contributed by atoms with Crippen LogP contribution in [0.5, 0.6) is 5.75 Å². The van der Waals surface area contributed by atoms with Crippen molar-refractivity contribution < 1.29 is 28.2 Å². The largest absolute Gasteiger partial charge is 0.507 e. The highest BCUT2D eigenvalue weighted by Crippen LogP contribution is 2.39. The van der Waals surface area contributed by atoms with E-state index >= 15 is 0 Å². The van der Waals surface area contributed by atoms with Gasteiger partial charge in [0.1, 0.15) is 11.4 Å². The number of hydrogen-bond donors (Lipinski definition) is 3. The maximum Gasteiger partial charge on any atom is 0.416 e. The minimum Gasteiger partial charge on any atom is -0.507 e. The van der Waals surface area contributed by atoms with Gasteiger partial charge in [-0.25, -0.2) is 0 Å². The fraction of sp³-hybridized carbons (Fsp3) is 0.500. The number of anilines is 1. The molecule has 1 aliphatic carbocycles. The van der Waals surface area contributed by atoms with Gasteiger partial charge in [-0.2, -0.15) is 13.2 Å². The number of likely N-dealkylation sites (tertiary alicyclic amines) is 1. The standard InChI is InChI=1S/C21H25F3N4O.CH2O2/c1-28-10-4-5-14(12-28)25-20-16-7-3-2-6-15(16)19(26-27-20)17-9-8-13(11-18(17)29)21(22,23)24;2-1-3/h8-9,11,14,29H,2-7,10,12H2,1H3,(H,25,27);1H,(H,2,3)/t14-;/m1./s1. The maximum absolute atomic E-state index is 12.9. The van der Waals surface area contributed by atoms with Gasteiger partial charge in [-0.15, -0.1) is 10.2 Å². The first-order chi connectivity index (χ1) is 15.2. The second-order valence-corrected chi connectivity index (χ2v) is 8.14. The van der Waals surface area contributed by atoms with Crippen LogP contribution in [0.1, 0.15) is 42.4 Å². The number of carbonyl (C=O) groups is 1. The topological polar surface area (TPSA) is 98.6 Å². The van der Waals surface area contributed by atoms with E-state index in [1.807, 2.05) is 0 Å². The van der Waals surface area contributed by atoms with E-state index in [9.17, 15) is 18.3 Å². The summed E-state index contributed by atoms with van der Waals surface area (Å²) in [7, 11) is 2.10. The molecule has 2 aliphatic rings. The molecular formula is C22H27F3N4O3. The van der Waals surface area contributed by atoms with Gasteiger partial charge in [0.15, 0.2) is 5.82 Å². The molecule has 1 atom stereocenters. The minimum absolute atomic E-state index is 0.250. The fourth-order valence-electron chi connectivity index (χ4n) is 4.37. The highest BCUT2D eigenvalue weighted by Gasteiger charge is 2.32. The van der Waals surface area contributed by atoms with Gasteiger partial charge in [-0.1, -0.05) is 0 Å². The number of nitrogens with zero attached hydrogens (tertiary/aromatic N) is 3. The van der Waals surface area contributed by atoms with Gasteiger partial charge in [-0.05, 0) is 75.9 Å². The van der Waals surface area contributed by atoms with Crippen LogP contribution < -0.4 is 5.32 Å². The molecule has 3 N–H and O–H groups in total. The molecule has 0 unspecified atom stereocenters. The quantitative estimate of drug-likeness (QED) is 0.607. The number of piperidine rings is 1. The molecule has 1 aromatic heterocycles. The van der Waals surface area contributed by atoms with E-state index in [0.29, 0.717) is 17.3 Å². The molecule has 0 radical (unpaired) electrons. The highest BCUT2D eigenvalue weighted by atomic mass is 19.4. The van der Waals surface area contributed by atoms with Crippen molar-refractivity contribution >= 4 is 12.3 Å². The Morgan fingerprint density at radius 2 is 1.84 bits per heavy atom. The van der Waals surface area contributed by atoms with E-state index < -0.39 is 17.5 Å². The number of benzene rings is 1. The summed E-state index contributed by atoms with van der Waals surface area (Å²) in [5, 5.41) is 29.4. The van der Waals surface area contributed by atoms with E-state index in [1.165, 1.54) is 6.07 Å². The summed E-state index contributed by atoms with van der Waals surface area (Å²) in [4.78, 5) is 10.6. The molecule has 32 heavy (non-hydrogen) atoms. The number of fused-ring (bicyclic) bond motifs is 1. The molecule has 1 aliphatic heterocycles. The van der Waals surface area contributed by atoms with Gasteiger partial charge in [-0.3, -0.25) is 4.79 Å². The Labute approximate surface area is 184 Å². The molecule has 0 amide bonds. The first-order valence-corrected chi connectivity index (χ1v) is 10.6. The van der Waals surface area contributed by atoms with Gasteiger partial charge < -0.3 is 20.4 Å². The summed E-state index contributed by atoms with van der Waals surface area (Å²) in [5.74, 6) is 0.353. The number of nitrogens with one attached hydrogen (secondary N) is 1. The number of halogens is 3. The van der Waals surface area contributed by atoms with Crippen molar-refractivity contribution in [1.29, 1.82) is 0 Å². The van der Waals surface area contributed by atoms with Gasteiger partial charge in [0.25, 0.3) is 6.47 Å². The zero-order valence-corrected chi connectivity index (χ0v) is 17.8. The zero-order valence-electron chi connectivity index (χ0n) is 17.8. The molecule has 0 spiro atoms. The van der Waals surface area contributed by atoms with E-state index in [2.05, 4.69) is 27.5 Å². The number of phenolic OH excluding ortho intramolecular Hbond substituents is 1. The number of aromatic nitrogens is 2. The van der Waals surface area contributed by atoms with Gasteiger partial charge in [0, 0.05) is 23.7 Å². The molecule has 0 saturated carbocycles. The lowest BCUT2D eigenvalue weighted by Crippen LogP contribution is -2.40. The van der Waals surface area contributed by atoms with Gasteiger partial charge in [0.2, 0.25) is 0 Å². The fourth-order valence-corrected chi connectivity index (χ4v) is 4.37. The smallest absolute Gasteiger partial charge is 0.416 e. The van der Waals surface area contributed by atoms with Crippen LogP contribution in [0, 0.1) is 0 Å². The molecule has 10 heteroatoms. The van der Waals surface area contributed by atoms with Crippen LogP contribution in [0.4, 0.5) is 19.0 Å². The molecule has 0 bridgehead atoms. The monoisotopic (exact) mass is 452 g/mol. The van der Waals surface area contributed by atoms with E-state index in [4.69, 9.17) is 9.90 Å². The first-order valence-electron chi connectivity index (χ1n) is 10.6. The predicted octanol–water partition coefficient (Wildman–Crippen LogP) is 3.95. The SMILES string of the molecule is CN1CCC[C@@H](Nc2nnc(-c3ccc(C(F)(F)F)cc3O)c3c2CCCC3)C1.O=CO. The molecule has 2 heterocycles. The molecule has 1 aromatic carbocycles. The summed E-state index contributed by atoms with van der Waals surface area (Å²) in [5.41, 5.74) is 1.96. The highest BCUT2D eigenvalue weighted by molar-refractivity contribution is 5.73. The molecular weight excluding hydrogens is 425 g/mol. The van der Waals surface area contributed by atoms with Crippen molar-refractivity contribution in [2.24, 2.45) is 0 Å². The van der Waals surface area contributed by atoms with Crippen molar-refractivity contribution in [2.75, 3.05) is 25.5 Å². The molecule has 1 fully saturated rings. The molecule has 1 saturated heterocycles. The van der Waals surface area contributed by atoms with Crippen LogP contribution in [0.25, 0.3) is 11.3 Å². The Morgan fingerprint density at radius 1 is 1.16 bits per heavy atom. The first kappa shape index (κ1) is 23.8. The van der Waals surface area contributed by atoms with Crippen LogP contribution in [0.3, 0.4) is 0 Å². The van der Waals surface area contributed by atoms with Crippen LogP contribution in [-0.2, 0) is 23.8 Å². The van der Waals surface area contributed by atoms with Crippen LogP contribution in [0.15, 0.2) is 18.2 Å². The summed E-state index contributed by atoms with van der Waals surface area (Å²) >= 11 is 0. The third kappa shape index (κ3) is 5.48. The number of likely N-dealkylation sites (N-methyl/N-ethyl adjacent to an activating group) is 1. The van der Waals surface area contributed by atoms with Crippen LogP contribution in [0.2, 0.25) is 0 Å². The number of carboxylic acid groups (broad SMARTS) is 1. The lowest BCUT2D eigenvalue weighted by molar-refractivity contribution is -0.137. The Morgan fingerprint density at radius 3 is 2.47 bits per heavy atom. The molecule has 174 valence electrons. The average Bonchev–Trinajstić information content (AvgIpc) is 2.74. The molecule has 4 rings (SSSR count). The number of hydrogen-bond acceptors (Lipinski definition) is 6. The van der Waals surface area contributed by atoms with E-state index in [0.717, 1.165) is 80.7 Å². The van der Waals surface area contributed by atoms with Crippen molar-refractivity contribution in [3.05, 3.63) is 34.9 Å². The van der Waals surface area contributed by atoms with Crippen molar-refractivity contribution in [2.45, 2.75) is 50.7 Å². The number of alkyl halides is 3. The Bertz CT molecular complexity index is 953. The van der Waals surface area contributed by atoms with Gasteiger partial charge in [0.05, 0.1) is 5.56 Å². The minimum atomic E-state index is -4.50. The Kier molecular flexibility index (Phi) is 7.55. The normalized spacial score (nSPS) is 18.8. The van der Waals surface area contributed by atoms with E-state index in [1.54, 1.807) is 0 Å². The van der Waals surface area contributed by atoms with Crippen LogP contribution >= 0.6 is 0 Å². The predicted molar refractivity (Wildman–Crippen MR) is 114 cm³/mol. The van der Waals surface area contributed by atoms with E-state index in [-0.39, 0.29) is 6.47 Å². The number of aromatic hydroxyl groups is 1. The Hall–Kier alpha value is -2.88. The Balaban J connectivity index is 0.000000913. The lowest BCUT2D eigenvalue weighted by atomic mass is 9.88. The zero-order chi connectivity index (χ0) is 23.3. The summed E-state index contributed by atoms with van der Waals surface area (Å²) in [6.07, 6.45) is 1.35. The molecule has 2 aromatic rings. The maximum atomic E-state index is 12.9.